The highest BCUT2D eigenvalue weighted by Crippen LogP contribution is 2.23. The molecule has 0 aliphatic heterocycles. The van der Waals surface area contributed by atoms with Gasteiger partial charge < -0.3 is 5.32 Å². The number of nitrogens with one attached hydrogen (secondary N) is 1. The summed E-state index contributed by atoms with van der Waals surface area (Å²) in [5, 5.41) is 17.6. The minimum absolute atomic E-state index is 0.108. The molecular weight excluding hydrogens is 302 g/mol. The number of thiophene rings is 1. The lowest BCUT2D eigenvalue weighted by molar-refractivity contribution is -0.383. The van der Waals surface area contributed by atoms with E-state index < -0.39 is 11.0 Å². The van der Waals surface area contributed by atoms with Gasteiger partial charge in [-0.25, -0.2) is 0 Å². The number of anilines is 1. The average molecular weight is 319 g/mol. The van der Waals surface area contributed by atoms with E-state index in [0.29, 0.717) is 6.54 Å². The van der Waals surface area contributed by atoms with Crippen molar-refractivity contribution in [3.05, 3.63) is 56.8 Å². The van der Waals surface area contributed by atoms with E-state index in [1.165, 1.54) is 12.1 Å². The SMILES string of the molecule is C[C@H](C(=O)Nc1ccccc1[N+](=O)[O-])N(C)Cc1ccsc1. The van der Waals surface area contributed by atoms with Gasteiger partial charge in [0, 0.05) is 12.6 Å². The van der Waals surface area contributed by atoms with Crippen LogP contribution in [0.25, 0.3) is 0 Å². The van der Waals surface area contributed by atoms with E-state index in [2.05, 4.69) is 5.32 Å². The second-order valence-corrected chi connectivity index (χ2v) is 5.77. The van der Waals surface area contributed by atoms with Crippen molar-refractivity contribution in [1.29, 1.82) is 0 Å². The Morgan fingerprint density at radius 2 is 2.14 bits per heavy atom. The Hall–Kier alpha value is -2.25. The first-order chi connectivity index (χ1) is 10.5. The van der Waals surface area contributed by atoms with Crippen LogP contribution in [-0.2, 0) is 11.3 Å². The lowest BCUT2D eigenvalue weighted by Gasteiger charge is -2.23. The first-order valence-electron chi connectivity index (χ1n) is 6.74. The number of rotatable bonds is 6. The van der Waals surface area contributed by atoms with Crippen LogP contribution in [0.15, 0.2) is 41.1 Å². The van der Waals surface area contributed by atoms with Crippen molar-refractivity contribution >= 4 is 28.6 Å². The number of amides is 1. The maximum Gasteiger partial charge on any atom is 0.292 e. The van der Waals surface area contributed by atoms with Crippen LogP contribution < -0.4 is 5.32 Å². The van der Waals surface area contributed by atoms with Gasteiger partial charge in [-0.2, -0.15) is 11.3 Å². The van der Waals surface area contributed by atoms with Crippen LogP contribution in [0.4, 0.5) is 11.4 Å². The Morgan fingerprint density at radius 1 is 1.41 bits per heavy atom. The van der Waals surface area contributed by atoms with Gasteiger partial charge in [-0.3, -0.25) is 19.8 Å². The van der Waals surface area contributed by atoms with Crippen molar-refractivity contribution in [2.24, 2.45) is 0 Å². The van der Waals surface area contributed by atoms with E-state index in [0.717, 1.165) is 5.56 Å². The molecule has 0 fully saturated rings. The average Bonchev–Trinajstić information content (AvgIpc) is 2.99. The van der Waals surface area contributed by atoms with Crippen molar-refractivity contribution < 1.29 is 9.72 Å². The van der Waals surface area contributed by atoms with Gasteiger partial charge in [-0.05, 0) is 42.4 Å². The number of carbonyl (C=O) groups is 1. The lowest BCUT2D eigenvalue weighted by atomic mass is 10.2. The fourth-order valence-corrected chi connectivity index (χ4v) is 2.64. The summed E-state index contributed by atoms with van der Waals surface area (Å²) in [7, 11) is 1.85. The maximum atomic E-state index is 12.3. The van der Waals surface area contributed by atoms with E-state index in [9.17, 15) is 14.9 Å². The minimum Gasteiger partial charge on any atom is -0.319 e. The fourth-order valence-electron chi connectivity index (χ4n) is 1.98. The minimum atomic E-state index is -0.505. The van der Waals surface area contributed by atoms with Gasteiger partial charge in [0.1, 0.15) is 5.69 Å². The zero-order valence-corrected chi connectivity index (χ0v) is 13.2. The summed E-state index contributed by atoms with van der Waals surface area (Å²) in [6.07, 6.45) is 0. The number of benzene rings is 1. The molecule has 116 valence electrons. The molecule has 1 heterocycles. The van der Waals surface area contributed by atoms with Gasteiger partial charge in [-0.1, -0.05) is 12.1 Å². The summed E-state index contributed by atoms with van der Waals surface area (Å²) in [5.41, 5.74) is 1.25. The highest BCUT2D eigenvalue weighted by molar-refractivity contribution is 7.07. The molecule has 0 bridgehead atoms. The first kappa shape index (κ1) is 16.1. The van der Waals surface area contributed by atoms with Gasteiger partial charge in [-0.15, -0.1) is 0 Å². The Balaban J connectivity index is 2.04. The number of nitro groups is 1. The number of hydrogen-bond donors (Lipinski definition) is 1. The second-order valence-electron chi connectivity index (χ2n) is 4.99. The molecule has 0 radical (unpaired) electrons. The molecule has 0 aliphatic rings. The molecule has 0 spiro atoms. The molecule has 1 atom stereocenters. The van der Waals surface area contributed by atoms with Crippen molar-refractivity contribution in [2.75, 3.05) is 12.4 Å². The third kappa shape index (κ3) is 3.90. The smallest absolute Gasteiger partial charge is 0.292 e. The quantitative estimate of drug-likeness (QED) is 0.655. The summed E-state index contributed by atoms with van der Waals surface area (Å²) in [6, 6.07) is 7.73. The number of para-hydroxylation sites is 2. The van der Waals surface area contributed by atoms with Crippen molar-refractivity contribution in [1.82, 2.24) is 4.90 Å². The van der Waals surface area contributed by atoms with Crippen LogP contribution in [-0.4, -0.2) is 28.8 Å². The van der Waals surface area contributed by atoms with E-state index in [4.69, 9.17) is 0 Å². The molecular formula is C15H17N3O3S. The van der Waals surface area contributed by atoms with Gasteiger partial charge in [0.05, 0.1) is 11.0 Å². The maximum absolute atomic E-state index is 12.3. The molecule has 1 aromatic carbocycles. The van der Waals surface area contributed by atoms with Gasteiger partial charge in [0.15, 0.2) is 0 Å². The predicted octanol–water partition coefficient (Wildman–Crippen LogP) is 3.12. The lowest BCUT2D eigenvalue weighted by Crippen LogP contribution is -2.39. The zero-order valence-electron chi connectivity index (χ0n) is 12.4. The normalized spacial score (nSPS) is 12.1. The Labute approximate surface area is 132 Å². The van der Waals surface area contributed by atoms with Crippen molar-refractivity contribution in [3.63, 3.8) is 0 Å². The summed E-state index contributed by atoms with van der Waals surface area (Å²) < 4.78 is 0. The van der Waals surface area contributed by atoms with Crippen molar-refractivity contribution in [3.8, 4) is 0 Å². The summed E-state index contributed by atoms with van der Waals surface area (Å²) in [6.45, 7) is 2.42. The molecule has 0 saturated heterocycles. The topological polar surface area (TPSA) is 75.5 Å². The third-order valence-electron chi connectivity index (χ3n) is 3.41. The third-order valence-corrected chi connectivity index (χ3v) is 4.14. The molecule has 1 amide bonds. The van der Waals surface area contributed by atoms with Gasteiger partial charge >= 0.3 is 0 Å². The largest absolute Gasteiger partial charge is 0.319 e. The molecule has 22 heavy (non-hydrogen) atoms. The standard InChI is InChI=1S/C15H17N3O3S/c1-11(17(2)9-12-7-8-22-10-12)15(19)16-13-5-3-4-6-14(13)18(20)21/h3-8,10-11H,9H2,1-2H3,(H,16,19)/t11-/m1/s1. The number of nitro benzene ring substituents is 1. The van der Waals surface area contributed by atoms with E-state index >= 15 is 0 Å². The first-order valence-corrected chi connectivity index (χ1v) is 7.69. The van der Waals surface area contributed by atoms with Crippen LogP contribution in [0.5, 0.6) is 0 Å². The van der Waals surface area contributed by atoms with Crippen LogP contribution >= 0.6 is 11.3 Å². The van der Waals surface area contributed by atoms with E-state index in [-0.39, 0.29) is 17.3 Å². The second kappa shape index (κ2) is 7.15. The molecule has 7 heteroatoms. The van der Waals surface area contributed by atoms with E-state index in [1.807, 2.05) is 28.8 Å². The van der Waals surface area contributed by atoms with E-state index in [1.54, 1.807) is 30.4 Å². The molecule has 0 saturated carbocycles. The number of hydrogen-bond acceptors (Lipinski definition) is 5. The van der Waals surface area contributed by atoms with Crippen LogP contribution in [0.2, 0.25) is 0 Å². The highest BCUT2D eigenvalue weighted by atomic mass is 32.1. The molecule has 0 aliphatic carbocycles. The fraction of sp³-hybridized carbons (Fsp3) is 0.267. The molecule has 1 N–H and O–H groups in total. The number of carbonyl (C=O) groups excluding carboxylic acids is 1. The summed E-state index contributed by atoms with van der Waals surface area (Å²) in [4.78, 5) is 24.6. The van der Waals surface area contributed by atoms with Crippen LogP contribution in [0.1, 0.15) is 12.5 Å². The Morgan fingerprint density at radius 3 is 2.77 bits per heavy atom. The molecule has 0 unspecified atom stereocenters. The predicted molar refractivity (Wildman–Crippen MR) is 87.0 cm³/mol. The highest BCUT2D eigenvalue weighted by Gasteiger charge is 2.21. The van der Waals surface area contributed by atoms with Crippen molar-refractivity contribution in [2.45, 2.75) is 19.5 Å². The van der Waals surface area contributed by atoms with Gasteiger partial charge in [0.2, 0.25) is 5.91 Å². The monoisotopic (exact) mass is 319 g/mol. The number of nitrogens with zero attached hydrogens (tertiary/aromatic N) is 2. The molecule has 1 aromatic heterocycles. The Kier molecular flexibility index (Phi) is 5.24. The zero-order chi connectivity index (χ0) is 16.1. The molecule has 2 aromatic rings. The summed E-state index contributed by atoms with van der Waals surface area (Å²) in [5.74, 6) is -0.271. The summed E-state index contributed by atoms with van der Waals surface area (Å²) >= 11 is 1.61. The van der Waals surface area contributed by atoms with Gasteiger partial charge in [0.25, 0.3) is 5.69 Å². The molecule has 6 nitrogen and oxygen atoms in total. The van der Waals surface area contributed by atoms with Crippen LogP contribution in [0, 0.1) is 10.1 Å². The Bertz CT molecular complexity index is 658. The number of likely N-dealkylation sites (N-methyl/N-ethyl adjacent to an activating group) is 1. The van der Waals surface area contributed by atoms with Crippen LogP contribution in [0.3, 0.4) is 0 Å². The molecule has 2 rings (SSSR count).